The van der Waals surface area contributed by atoms with Crippen molar-refractivity contribution >= 4 is 77.3 Å². The van der Waals surface area contributed by atoms with Gasteiger partial charge in [0.15, 0.2) is 12.6 Å². The van der Waals surface area contributed by atoms with Gasteiger partial charge in [-0.25, -0.2) is 9.55 Å². The van der Waals surface area contributed by atoms with Crippen LogP contribution in [0.5, 0.6) is 0 Å². The minimum Gasteiger partial charge on any atom is -0.394 e. The number of fused-ring (bicyclic) bond motifs is 7. The second-order valence-corrected chi connectivity index (χ2v) is 28.1. The Morgan fingerprint density at radius 1 is 0.811 bits per heavy atom. The summed E-state index contributed by atoms with van der Waals surface area (Å²) in [5.74, 6) is -7.22. The Hall–Kier alpha value is -7.00. The van der Waals surface area contributed by atoms with Gasteiger partial charge in [0.2, 0.25) is 41.4 Å². The third kappa shape index (κ3) is 13.0. The fraction of sp³-hybridized carbons (Fsp3) is 0.629. The maximum Gasteiger partial charge on any atom is 0.472 e. The van der Waals surface area contributed by atoms with Crippen LogP contribution in [-0.4, -0.2) is 132 Å². The van der Waals surface area contributed by atoms with E-state index in [2.05, 4.69) is 34.1 Å². The maximum atomic E-state index is 14.4. The third-order valence-corrected chi connectivity index (χ3v) is 21.4. The van der Waals surface area contributed by atoms with Crippen LogP contribution in [0.1, 0.15) is 150 Å². The number of aryl methyl sites for hydroxylation is 2. The normalized spacial score (nSPS) is 32.8. The summed E-state index contributed by atoms with van der Waals surface area (Å²) in [7, 11) is -5.09. The van der Waals surface area contributed by atoms with Crippen molar-refractivity contribution in [1.82, 2.24) is 20.2 Å². The number of aliphatic hydroxyl groups is 2. The number of carbonyl (C=O) groups is 7. The van der Waals surface area contributed by atoms with Gasteiger partial charge in [0.25, 0.3) is 0 Å². The average Bonchev–Trinajstić information content (AvgIpc) is 1.53. The Morgan fingerprint density at radius 2 is 1.41 bits per heavy atom. The lowest BCUT2D eigenvalue weighted by Gasteiger charge is -2.48. The van der Waals surface area contributed by atoms with Crippen LogP contribution in [0.25, 0.3) is 11.0 Å². The van der Waals surface area contributed by atoms with Crippen molar-refractivity contribution in [3.8, 4) is 0 Å². The zero-order chi connectivity index (χ0) is 66.7. The number of aromatic nitrogens is 2. The number of ether oxygens (including phenoxy) is 1. The molecule has 0 saturated carbocycles. The Bertz CT molecular complexity index is 3540. The first kappa shape index (κ1) is 68.9. The highest BCUT2D eigenvalue weighted by molar-refractivity contribution is 7.47. The molecule has 7 heterocycles. The zero-order valence-corrected chi connectivity index (χ0v) is 53.9. The molecular weight excluding hydrogens is 1190 g/mol. The van der Waals surface area contributed by atoms with E-state index in [1.807, 2.05) is 75.3 Å². The molecule has 6 aliphatic heterocycles. The lowest BCUT2D eigenvalue weighted by atomic mass is 9.55. The van der Waals surface area contributed by atoms with Crippen molar-refractivity contribution in [3.63, 3.8) is 0 Å². The van der Waals surface area contributed by atoms with Crippen LogP contribution in [0.3, 0.4) is 0 Å². The second kappa shape index (κ2) is 25.6. The predicted octanol–water partition coefficient (Wildman–Crippen LogP) is 2.56. The van der Waals surface area contributed by atoms with Crippen LogP contribution in [0.2, 0.25) is 0 Å². The first-order valence-corrected chi connectivity index (χ1v) is 31.8. The number of nitrogens with two attached hydrogens (primary N) is 6. The molecule has 1 aromatic carbocycles. The van der Waals surface area contributed by atoms with Crippen LogP contribution in [0.4, 0.5) is 0 Å². The number of phosphoric ester groups is 1. The van der Waals surface area contributed by atoms with Crippen molar-refractivity contribution in [2.24, 2.45) is 94.7 Å². The first-order valence-electron chi connectivity index (χ1n) is 30.3. The molecule has 15 atom stereocenters. The number of aliphatic imine (C=N–C) groups is 3. The number of primary amides is 6. The summed E-state index contributed by atoms with van der Waals surface area (Å²) in [4.78, 5) is 126. The van der Waals surface area contributed by atoms with Crippen LogP contribution in [0.15, 0.2) is 49.3 Å². The molecule has 2 saturated heterocycles. The van der Waals surface area contributed by atoms with Crippen molar-refractivity contribution in [3.05, 3.63) is 63.9 Å². The van der Waals surface area contributed by atoms with E-state index >= 15 is 0 Å². The molecule has 7 amide bonds. The smallest absolute Gasteiger partial charge is 0.394 e. The average molecular weight is 1280 g/mol. The van der Waals surface area contributed by atoms with Crippen LogP contribution in [0, 0.1) is 77.6 Å². The van der Waals surface area contributed by atoms with E-state index in [0.29, 0.717) is 56.4 Å². The highest BCUT2D eigenvalue weighted by Gasteiger charge is 2.66. The summed E-state index contributed by atoms with van der Waals surface area (Å²) in [6.45, 7) is 19.0. The monoisotopic (exact) mass is 1280 g/mol. The van der Waals surface area contributed by atoms with E-state index in [4.69, 9.17) is 63.2 Å². The number of nitrogens with one attached hydrogen (secondary N) is 2. The lowest BCUT2D eigenvalue weighted by Crippen LogP contribution is -2.56. The lowest BCUT2D eigenvalue weighted by molar-refractivity contribution is -0.124. The van der Waals surface area contributed by atoms with Gasteiger partial charge in [-0.1, -0.05) is 34.6 Å². The molecule has 17 N–H and O–H groups in total. The van der Waals surface area contributed by atoms with Crippen molar-refractivity contribution in [2.45, 2.75) is 189 Å². The Balaban J connectivity index is 1.19. The number of imidazole rings is 1. The Kier molecular flexibility index (Phi) is 19.6. The van der Waals surface area contributed by atoms with Gasteiger partial charge in [0.05, 0.1) is 35.3 Å². The topological polar surface area (TPSA) is 460 Å². The molecule has 28 heteroatoms. The van der Waals surface area contributed by atoms with Crippen molar-refractivity contribution < 1.29 is 67.0 Å². The molecule has 90 heavy (non-hydrogen) atoms. The fourth-order valence-electron chi connectivity index (χ4n) is 15.2. The molecule has 489 valence electrons. The van der Waals surface area contributed by atoms with Crippen molar-refractivity contribution in [1.29, 1.82) is 0 Å². The molecular formula is C62H87N13O14P. The summed E-state index contributed by atoms with van der Waals surface area (Å²) in [6, 6.07) is 5.22. The number of phosphoric acid groups is 1. The zero-order valence-electron chi connectivity index (χ0n) is 53.0. The molecule has 2 fully saturated rings. The van der Waals surface area contributed by atoms with Crippen molar-refractivity contribution in [2.75, 3.05) is 13.2 Å². The van der Waals surface area contributed by atoms with Gasteiger partial charge in [-0.2, -0.15) is 0 Å². The van der Waals surface area contributed by atoms with Gasteiger partial charge in [0.1, 0.15) is 18.3 Å². The Morgan fingerprint density at radius 3 is 2.00 bits per heavy atom. The fourth-order valence-corrected chi connectivity index (χ4v) is 16.3. The standard InChI is InChI=1S/C62H87N13O14P/c1-29-20-39-40(21-30(29)2)75(28-70-39)57-52(84)53(41(27-76)87-57)89-90(85,86)88-31(3)26-69-49(83)18-19-59(8)37(22-46(66)80)56-62(11)61(10,25-48(68)82)36(14-17-45(65)79)51(74-62)33(5)55-60(9,24-47(67)81)34(12-15-43(63)77)38(71-55)23-42-58(6,7)35(13-16-44(64)78)50(72-42)32(4)54(59)73-56/h23,31,34-37,41,52-53,56-57,71,76,84H,12-19,22,24-27H2,1-11H3,(H2,63,77)(H2,64,78)(H2,65,79)(H2,66,80)(H2,67,81)(H2,68,82)(H,69,83)(H,85,86)/b38-23?,50-32?,55-33-/t31-,34-,35-,36-,37+,41-,52-,53-,56-,57+,59-,60+,61+,62+/m1/s1/i20+1,21+1,28+1,29+1,30+1,39+1,40+1. The first-order chi connectivity index (χ1) is 41.8. The number of allylic oxidation sites excluding steroid dienone is 6. The molecule has 0 spiro atoms. The summed E-state index contributed by atoms with van der Waals surface area (Å²) in [5.41, 5.74) is 36.4. The number of carbonyl (C=O) groups excluding carboxylic acids is 7. The molecule has 8 rings (SSSR count). The van der Waals surface area contributed by atoms with Crippen LogP contribution < -0.4 is 45.0 Å². The number of nitrogens with zero attached hydrogens (tertiary/aromatic N) is 5. The van der Waals surface area contributed by atoms with E-state index in [-0.39, 0.29) is 77.2 Å². The summed E-state index contributed by atoms with van der Waals surface area (Å²) >= 11 is 0. The van der Waals surface area contributed by atoms with Gasteiger partial charge in [0, 0.05) is 143 Å². The number of benzene rings is 1. The van der Waals surface area contributed by atoms with E-state index in [1.54, 1.807) is 0 Å². The Labute approximate surface area is 523 Å². The number of rotatable bonds is 26. The minimum atomic E-state index is -5.09. The van der Waals surface area contributed by atoms with Gasteiger partial charge >= 0.3 is 7.82 Å². The molecule has 1 unspecified atom stereocenters. The third-order valence-electron chi connectivity index (χ3n) is 20.3. The van der Waals surface area contributed by atoms with E-state index < -0.39 is 143 Å². The molecule has 8 bridgehead atoms. The van der Waals surface area contributed by atoms with E-state index in [0.717, 1.165) is 11.1 Å². The molecule has 0 aliphatic carbocycles. The summed E-state index contributed by atoms with van der Waals surface area (Å²) in [6.07, 6.45) is -3.30. The molecule has 6 aliphatic rings. The summed E-state index contributed by atoms with van der Waals surface area (Å²) < 4.78 is 31.9. The summed E-state index contributed by atoms with van der Waals surface area (Å²) in [5, 5.41) is 28.1. The SMILES string of the molecule is CC1=C2N=C(C=C3N/C(=C(/C)C4=N[C@@](C)([C@@H]5N=C1[C@](C)(CCC(=O)NC[C@@H](C)OP(=O)(O)O[C@H]1[C@@H](O)[C@@H](n6[13c]n[13c]7[13c][13c](C)[13c](C)[13c][13c]76)O[C@@H]1CO)[C@H]5CC(N)=O)[C@@](C)(CC(N)=O)[C@@H]4CCC(N)=O)[C@@](C)(CC(N)=O)[C@@H]3CCC(N)=O)C(C)(C)[C@@H]2CCC(N)=O. The molecule has 27 nitrogen and oxygen atoms in total. The highest BCUT2D eigenvalue weighted by atomic mass is 31.2. The molecule has 2 aromatic rings. The molecule has 1 aromatic heterocycles. The number of hydrogen-bond donors (Lipinski definition) is 11. The maximum absolute atomic E-state index is 14.4. The predicted molar refractivity (Wildman–Crippen MR) is 330 cm³/mol. The van der Waals surface area contributed by atoms with Gasteiger partial charge in [-0.3, -0.25) is 62.2 Å². The van der Waals surface area contributed by atoms with Crippen LogP contribution in [-0.2, 0) is 51.9 Å². The largest absolute Gasteiger partial charge is 0.472 e. The van der Waals surface area contributed by atoms with Gasteiger partial charge in [-0.05, 0) is 95.6 Å². The highest BCUT2D eigenvalue weighted by Crippen LogP contribution is 2.63. The quantitative estimate of drug-likeness (QED) is 0.0603. The van der Waals surface area contributed by atoms with E-state index in [1.165, 1.54) is 11.5 Å². The van der Waals surface area contributed by atoms with Gasteiger partial charge < -0.3 is 64.9 Å². The number of amides is 7. The second-order valence-electron chi connectivity index (χ2n) is 26.8. The minimum absolute atomic E-state index is 0.0181. The molecule has 3 radical (unpaired) electrons. The van der Waals surface area contributed by atoms with E-state index in [9.17, 15) is 53.2 Å². The number of aliphatic hydroxyl groups excluding tert-OH is 2. The number of hydrogen-bond acceptors (Lipinski definition) is 18. The van der Waals surface area contributed by atoms with Crippen LogP contribution >= 0.6 is 7.82 Å². The van der Waals surface area contributed by atoms with Gasteiger partial charge in [-0.15, -0.1) is 0 Å².